The molecule has 0 aliphatic heterocycles. The van der Waals surface area contributed by atoms with Gasteiger partial charge in [0.25, 0.3) is 10.0 Å². The van der Waals surface area contributed by atoms with E-state index in [9.17, 15) is 18.0 Å². The molecule has 0 bridgehead atoms. The van der Waals surface area contributed by atoms with Gasteiger partial charge in [-0.2, -0.15) is 0 Å². The molecular weight excluding hydrogens is 566 g/mol. The largest absolute Gasteiger partial charge is 0.354 e. The number of nitrogens with zero attached hydrogens (tertiary/aromatic N) is 2. The van der Waals surface area contributed by atoms with Crippen molar-refractivity contribution in [3.8, 4) is 0 Å². The van der Waals surface area contributed by atoms with E-state index in [0.717, 1.165) is 32.7 Å². The molecule has 0 aliphatic rings. The number of hydrogen-bond donors (Lipinski definition) is 1. The molecule has 0 heterocycles. The highest BCUT2D eigenvalue weighted by Gasteiger charge is 2.32. The second-order valence-corrected chi connectivity index (χ2v) is 11.9. The molecular formula is C29H34BrN3O4S. The lowest BCUT2D eigenvalue weighted by molar-refractivity contribution is -0.139. The zero-order valence-electron chi connectivity index (χ0n) is 21.9. The van der Waals surface area contributed by atoms with Crippen LogP contribution < -0.4 is 9.62 Å². The fraction of sp³-hybridized carbons (Fsp3) is 0.310. The Bertz CT molecular complexity index is 1310. The molecule has 2 amide bonds. The summed E-state index contributed by atoms with van der Waals surface area (Å²) in [6, 6.07) is 21.6. The number of amides is 2. The minimum Gasteiger partial charge on any atom is -0.354 e. The van der Waals surface area contributed by atoms with Crippen molar-refractivity contribution in [2.75, 3.05) is 17.4 Å². The van der Waals surface area contributed by atoms with Gasteiger partial charge in [-0.1, -0.05) is 77.3 Å². The second kappa shape index (κ2) is 13.6. The van der Waals surface area contributed by atoms with E-state index in [2.05, 4.69) is 21.2 Å². The van der Waals surface area contributed by atoms with Gasteiger partial charge in [-0.15, -0.1) is 0 Å². The van der Waals surface area contributed by atoms with Crippen LogP contribution in [-0.2, 0) is 26.2 Å². The van der Waals surface area contributed by atoms with Crippen LogP contribution in [0, 0.1) is 6.92 Å². The van der Waals surface area contributed by atoms with E-state index in [1.807, 2.05) is 38.1 Å². The van der Waals surface area contributed by atoms with Crippen molar-refractivity contribution in [1.29, 1.82) is 0 Å². The molecule has 0 radical (unpaired) electrons. The number of halogens is 1. The van der Waals surface area contributed by atoms with Crippen LogP contribution in [0.15, 0.2) is 88.2 Å². The normalized spacial score (nSPS) is 12.0. The summed E-state index contributed by atoms with van der Waals surface area (Å²) < 4.78 is 29.3. The Morgan fingerprint density at radius 2 is 1.58 bits per heavy atom. The van der Waals surface area contributed by atoms with Crippen molar-refractivity contribution in [2.24, 2.45) is 0 Å². The highest BCUT2D eigenvalue weighted by atomic mass is 79.9. The number of nitrogens with one attached hydrogen (secondary N) is 1. The van der Waals surface area contributed by atoms with Gasteiger partial charge in [-0.3, -0.25) is 13.9 Å². The molecule has 0 saturated heterocycles. The quantitative estimate of drug-likeness (QED) is 0.287. The van der Waals surface area contributed by atoms with E-state index in [1.54, 1.807) is 49.4 Å². The van der Waals surface area contributed by atoms with E-state index in [1.165, 1.54) is 17.0 Å². The molecule has 1 N–H and O–H groups in total. The zero-order chi connectivity index (χ0) is 27.7. The first-order valence-electron chi connectivity index (χ1n) is 12.6. The lowest BCUT2D eigenvalue weighted by Crippen LogP contribution is -2.51. The van der Waals surface area contributed by atoms with Crippen molar-refractivity contribution in [1.82, 2.24) is 10.2 Å². The summed E-state index contributed by atoms with van der Waals surface area (Å²) >= 11 is 3.38. The number of benzene rings is 3. The Balaban J connectivity index is 1.97. The number of hydrogen-bond acceptors (Lipinski definition) is 4. The van der Waals surface area contributed by atoms with Gasteiger partial charge in [0.05, 0.1) is 10.6 Å². The van der Waals surface area contributed by atoms with Crippen LogP contribution in [0.25, 0.3) is 0 Å². The highest BCUT2D eigenvalue weighted by molar-refractivity contribution is 9.10. The summed E-state index contributed by atoms with van der Waals surface area (Å²) in [6.45, 7) is 5.90. The Morgan fingerprint density at radius 3 is 2.18 bits per heavy atom. The first-order chi connectivity index (χ1) is 18.1. The van der Waals surface area contributed by atoms with Crippen molar-refractivity contribution >= 4 is 43.5 Å². The van der Waals surface area contributed by atoms with Crippen molar-refractivity contribution in [2.45, 2.75) is 51.1 Å². The van der Waals surface area contributed by atoms with Crippen LogP contribution in [-0.4, -0.2) is 44.3 Å². The zero-order valence-corrected chi connectivity index (χ0v) is 24.3. The predicted octanol–water partition coefficient (Wildman–Crippen LogP) is 5.29. The Morgan fingerprint density at radius 1 is 0.947 bits per heavy atom. The number of carbonyl (C=O) groups is 2. The Hall–Kier alpha value is -3.17. The van der Waals surface area contributed by atoms with E-state index in [4.69, 9.17) is 0 Å². The van der Waals surface area contributed by atoms with Crippen LogP contribution in [0.5, 0.6) is 0 Å². The summed E-state index contributed by atoms with van der Waals surface area (Å²) in [7, 11) is -4.07. The van der Waals surface area contributed by atoms with Gasteiger partial charge in [0, 0.05) is 17.6 Å². The number of carbonyl (C=O) groups excluding carboxylic acids is 2. The Kier molecular flexibility index (Phi) is 10.5. The maximum Gasteiger partial charge on any atom is 0.264 e. The van der Waals surface area contributed by atoms with Crippen LogP contribution in [0.4, 0.5) is 5.69 Å². The van der Waals surface area contributed by atoms with Crippen LogP contribution >= 0.6 is 15.9 Å². The molecule has 202 valence electrons. The number of aryl methyl sites for hydroxylation is 1. The topological polar surface area (TPSA) is 86.8 Å². The smallest absolute Gasteiger partial charge is 0.264 e. The molecule has 0 spiro atoms. The SMILES string of the molecule is CCCCNC(=O)[C@H](C)N(Cc1ccc(C)cc1)C(=O)CN(c1ccc(Br)cc1)S(=O)(=O)c1ccccc1. The molecule has 0 aromatic heterocycles. The number of rotatable bonds is 12. The standard InChI is InChI=1S/C29H34BrN3O4S/c1-4-5-19-31-29(35)23(3)32(20-24-13-11-22(2)12-14-24)28(34)21-33(26-17-15-25(30)16-18-26)38(36,37)27-9-7-6-8-10-27/h6-18,23H,4-5,19-21H2,1-3H3,(H,31,35)/t23-/m0/s1. The molecule has 7 nitrogen and oxygen atoms in total. The summed E-state index contributed by atoms with van der Waals surface area (Å²) in [4.78, 5) is 28.3. The van der Waals surface area contributed by atoms with Crippen LogP contribution in [0.3, 0.4) is 0 Å². The van der Waals surface area contributed by atoms with E-state index >= 15 is 0 Å². The van der Waals surface area contributed by atoms with Gasteiger partial charge in [-0.25, -0.2) is 8.42 Å². The summed E-state index contributed by atoms with van der Waals surface area (Å²) in [6.07, 6.45) is 1.76. The van der Waals surface area contributed by atoms with Gasteiger partial charge < -0.3 is 10.2 Å². The summed E-state index contributed by atoms with van der Waals surface area (Å²) in [5.74, 6) is -0.758. The molecule has 0 saturated carbocycles. The number of anilines is 1. The number of unbranched alkanes of at least 4 members (excludes halogenated alkanes) is 1. The number of sulfonamides is 1. The minimum atomic E-state index is -4.07. The first-order valence-corrected chi connectivity index (χ1v) is 14.8. The minimum absolute atomic E-state index is 0.0751. The van der Waals surface area contributed by atoms with Crippen LogP contribution in [0.1, 0.15) is 37.8 Å². The lowest BCUT2D eigenvalue weighted by Gasteiger charge is -2.32. The average Bonchev–Trinajstić information content (AvgIpc) is 2.92. The van der Waals surface area contributed by atoms with Gasteiger partial charge >= 0.3 is 0 Å². The monoisotopic (exact) mass is 599 g/mol. The molecule has 3 aromatic carbocycles. The lowest BCUT2D eigenvalue weighted by atomic mass is 10.1. The molecule has 9 heteroatoms. The Labute approximate surface area is 234 Å². The van der Waals surface area contributed by atoms with Crippen molar-refractivity contribution < 1.29 is 18.0 Å². The molecule has 3 aromatic rings. The maximum atomic E-state index is 13.8. The summed E-state index contributed by atoms with van der Waals surface area (Å²) in [5.41, 5.74) is 2.27. The van der Waals surface area contributed by atoms with Gasteiger partial charge in [0.15, 0.2) is 0 Å². The molecule has 3 rings (SSSR count). The third kappa shape index (κ3) is 7.68. The molecule has 1 atom stereocenters. The third-order valence-corrected chi connectivity index (χ3v) is 8.51. The van der Waals surface area contributed by atoms with Gasteiger partial charge in [-0.05, 0) is 62.2 Å². The highest BCUT2D eigenvalue weighted by Crippen LogP contribution is 2.26. The average molecular weight is 601 g/mol. The van der Waals surface area contributed by atoms with E-state index in [0.29, 0.717) is 12.2 Å². The molecule has 38 heavy (non-hydrogen) atoms. The van der Waals surface area contributed by atoms with Crippen LogP contribution in [0.2, 0.25) is 0 Å². The fourth-order valence-electron chi connectivity index (χ4n) is 3.86. The maximum absolute atomic E-state index is 13.8. The molecule has 0 fully saturated rings. The van der Waals surface area contributed by atoms with Crippen molar-refractivity contribution in [3.05, 3.63) is 94.5 Å². The first kappa shape index (κ1) is 29.4. The third-order valence-electron chi connectivity index (χ3n) is 6.20. The fourth-order valence-corrected chi connectivity index (χ4v) is 5.56. The predicted molar refractivity (Wildman–Crippen MR) is 154 cm³/mol. The molecule has 0 aliphatic carbocycles. The summed E-state index contributed by atoms with van der Waals surface area (Å²) in [5, 5.41) is 2.89. The molecule has 0 unspecified atom stereocenters. The van der Waals surface area contributed by atoms with E-state index < -0.39 is 28.5 Å². The second-order valence-electron chi connectivity index (χ2n) is 9.13. The van der Waals surface area contributed by atoms with Gasteiger partial charge in [0.2, 0.25) is 11.8 Å². The van der Waals surface area contributed by atoms with Gasteiger partial charge in [0.1, 0.15) is 12.6 Å². The van der Waals surface area contributed by atoms with Crippen molar-refractivity contribution in [3.63, 3.8) is 0 Å². The van der Waals surface area contributed by atoms with E-state index in [-0.39, 0.29) is 17.3 Å².